The molecule has 29 heavy (non-hydrogen) atoms. The van der Waals surface area contributed by atoms with Gasteiger partial charge in [0.15, 0.2) is 18.1 Å². The molecule has 0 atom stereocenters. The van der Waals surface area contributed by atoms with E-state index in [1.54, 1.807) is 12.1 Å². The standard InChI is InChI=1S/C23H20BrNO4/c24-18-13-21-22(28-11-10-27-21)14-19(18)25-23(26)15-29-20-9-5-4-8-17(20)12-16-6-2-1-3-7-16/h1-9,13-14H,10-12,15H2,(H,25,26). The molecule has 0 spiro atoms. The number of fused-ring (bicyclic) bond motifs is 1. The van der Waals surface area contributed by atoms with Crippen molar-refractivity contribution >= 4 is 27.5 Å². The normalized spacial score (nSPS) is 12.3. The lowest BCUT2D eigenvalue weighted by molar-refractivity contribution is -0.118. The van der Waals surface area contributed by atoms with Crippen LogP contribution in [0.5, 0.6) is 17.2 Å². The lowest BCUT2D eigenvalue weighted by Crippen LogP contribution is -2.21. The van der Waals surface area contributed by atoms with Crippen LogP contribution in [-0.2, 0) is 11.2 Å². The van der Waals surface area contributed by atoms with Crippen molar-refractivity contribution in [1.82, 2.24) is 0 Å². The van der Waals surface area contributed by atoms with E-state index in [-0.39, 0.29) is 12.5 Å². The number of benzene rings is 3. The molecule has 3 aromatic rings. The molecule has 1 aliphatic rings. The van der Waals surface area contributed by atoms with Gasteiger partial charge in [0.1, 0.15) is 19.0 Å². The summed E-state index contributed by atoms with van der Waals surface area (Å²) in [6, 6.07) is 21.5. The maximum atomic E-state index is 12.4. The van der Waals surface area contributed by atoms with Gasteiger partial charge < -0.3 is 19.5 Å². The van der Waals surface area contributed by atoms with Gasteiger partial charge in [-0.05, 0) is 33.1 Å². The molecule has 0 radical (unpaired) electrons. The third-order valence-electron chi connectivity index (χ3n) is 4.47. The lowest BCUT2D eigenvalue weighted by atomic mass is 10.0. The summed E-state index contributed by atoms with van der Waals surface area (Å²) in [6.07, 6.45) is 0.742. The second-order valence-corrected chi connectivity index (χ2v) is 7.44. The van der Waals surface area contributed by atoms with Crippen LogP contribution >= 0.6 is 15.9 Å². The molecule has 3 aromatic carbocycles. The fraction of sp³-hybridized carbons (Fsp3) is 0.174. The van der Waals surface area contributed by atoms with Crippen LogP contribution < -0.4 is 19.5 Å². The first-order valence-electron chi connectivity index (χ1n) is 9.32. The molecule has 1 amide bonds. The Kier molecular flexibility index (Phi) is 6.00. The van der Waals surface area contributed by atoms with Crippen molar-refractivity contribution in [2.45, 2.75) is 6.42 Å². The third-order valence-corrected chi connectivity index (χ3v) is 5.13. The summed E-state index contributed by atoms with van der Waals surface area (Å²) in [7, 11) is 0. The third kappa shape index (κ3) is 4.90. The van der Waals surface area contributed by atoms with Gasteiger partial charge in [-0.2, -0.15) is 0 Å². The number of carbonyl (C=O) groups excluding carboxylic acids is 1. The Labute approximate surface area is 177 Å². The van der Waals surface area contributed by atoms with Gasteiger partial charge in [-0.1, -0.05) is 48.5 Å². The first-order chi connectivity index (χ1) is 14.2. The Hall–Kier alpha value is -2.99. The van der Waals surface area contributed by atoms with E-state index >= 15 is 0 Å². The van der Waals surface area contributed by atoms with E-state index in [1.807, 2.05) is 42.5 Å². The average Bonchev–Trinajstić information content (AvgIpc) is 2.74. The molecule has 0 aromatic heterocycles. The molecule has 1 N–H and O–H groups in total. The number of carbonyl (C=O) groups is 1. The molecule has 0 saturated carbocycles. The number of nitrogens with one attached hydrogen (secondary N) is 1. The van der Waals surface area contributed by atoms with Crippen LogP contribution in [0.1, 0.15) is 11.1 Å². The van der Waals surface area contributed by atoms with E-state index in [2.05, 4.69) is 33.4 Å². The number of rotatable bonds is 6. The number of hydrogen-bond donors (Lipinski definition) is 1. The predicted octanol–water partition coefficient (Wildman–Crippen LogP) is 4.83. The molecule has 5 nitrogen and oxygen atoms in total. The highest BCUT2D eigenvalue weighted by molar-refractivity contribution is 9.10. The summed E-state index contributed by atoms with van der Waals surface area (Å²) in [5, 5.41) is 2.85. The topological polar surface area (TPSA) is 56.8 Å². The number of anilines is 1. The summed E-state index contributed by atoms with van der Waals surface area (Å²) in [5.74, 6) is 1.72. The molecule has 0 saturated heterocycles. The van der Waals surface area contributed by atoms with Crippen molar-refractivity contribution < 1.29 is 19.0 Å². The van der Waals surface area contributed by atoms with Crippen molar-refractivity contribution in [3.05, 3.63) is 82.3 Å². The van der Waals surface area contributed by atoms with Crippen molar-refractivity contribution in [1.29, 1.82) is 0 Å². The Morgan fingerprint density at radius 1 is 0.966 bits per heavy atom. The van der Waals surface area contributed by atoms with Gasteiger partial charge in [-0.25, -0.2) is 0 Å². The van der Waals surface area contributed by atoms with Crippen molar-refractivity contribution in [2.24, 2.45) is 0 Å². The number of hydrogen-bond acceptors (Lipinski definition) is 4. The summed E-state index contributed by atoms with van der Waals surface area (Å²) in [6.45, 7) is 0.914. The average molecular weight is 454 g/mol. The fourth-order valence-corrected chi connectivity index (χ4v) is 3.52. The van der Waals surface area contributed by atoms with E-state index < -0.39 is 0 Å². The predicted molar refractivity (Wildman–Crippen MR) is 115 cm³/mol. The first kappa shape index (κ1) is 19.3. The molecule has 148 valence electrons. The molecule has 0 unspecified atom stereocenters. The van der Waals surface area contributed by atoms with Gasteiger partial charge in [0.2, 0.25) is 0 Å². The Morgan fingerprint density at radius 3 is 2.45 bits per heavy atom. The van der Waals surface area contributed by atoms with Crippen LogP contribution in [0.4, 0.5) is 5.69 Å². The van der Waals surface area contributed by atoms with Gasteiger partial charge >= 0.3 is 0 Å². The molecular weight excluding hydrogens is 434 g/mol. The van der Waals surface area contributed by atoms with Crippen LogP contribution in [-0.4, -0.2) is 25.7 Å². The number of ether oxygens (including phenoxy) is 3. The van der Waals surface area contributed by atoms with E-state index in [4.69, 9.17) is 14.2 Å². The highest BCUT2D eigenvalue weighted by Crippen LogP contribution is 2.38. The molecule has 4 rings (SSSR count). The zero-order chi connectivity index (χ0) is 20.1. The molecule has 0 fully saturated rings. The minimum absolute atomic E-state index is 0.0906. The summed E-state index contributed by atoms with van der Waals surface area (Å²) >= 11 is 3.46. The molecule has 1 heterocycles. The Morgan fingerprint density at radius 2 is 1.66 bits per heavy atom. The second-order valence-electron chi connectivity index (χ2n) is 6.58. The maximum Gasteiger partial charge on any atom is 0.262 e. The first-order valence-corrected chi connectivity index (χ1v) is 10.1. The van der Waals surface area contributed by atoms with Crippen molar-refractivity contribution in [2.75, 3.05) is 25.1 Å². The number of halogens is 1. The molecule has 0 bridgehead atoms. The van der Waals surface area contributed by atoms with Gasteiger partial charge in [0, 0.05) is 23.0 Å². The Bertz CT molecular complexity index is 1010. The lowest BCUT2D eigenvalue weighted by Gasteiger charge is -2.20. The minimum Gasteiger partial charge on any atom is -0.486 e. The zero-order valence-corrected chi connectivity index (χ0v) is 17.3. The number of para-hydroxylation sites is 1. The van der Waals surface area contributed by atoms with E-state index in [0.29, 0.717) is 36.1 Å². The number of amides is 1. The monoisotopic (exact) mass is 453 g/mol. The minimum atomic E-state index is -0.253. The fourth-order valence-electron chi connectivity index (χ4n) is 3.10. The SMILES string of the molecule is O=C(COc1ccccc1Cc1ccccc1)Nc1cc2c(cc1Br)OCCO2. The van der Waals surface area contributed by atoms with Crippen molar-refractivity contribution in [3.8, 4) is 17.2 Å². The van der Waals surface area contributed by atoms with Crippen LogP contribution in [0.2, 0.25) is 0 Å². The smallest absolute Gasteiger partial charge is 0.262 e. The van der Waals surface area contributed by atoms with Crippen LogP contribution in [0.3, 0.4) is 0 Å². The Balaban J connectivity index is 1.40. The van der Waals surface area contributed by atoms with Crippen LogP contribution in [0.15, 0.2) is 71.2 Å². The summed E-state index contributed by atoms with van der Waals surface area (Å²) in [5.41, 5.74) is 2.83. The molecule has 6 heteroatoms. The van der Waals surface area contributed by atoms with E-state index in [9.17, 15) is 4.79 Å². The molecule has 1 aliphatic heterocycles. The van der Waals surface area contributed by atoms with Gasteiger partial charge in [-0.3, -0.25) is 4.79 Å². The maximum absolute atomic E-state index is 12.4. The quantitative estimate of drug-likeness (QED) is 0.580. The molecule has 0 aliphatic carbocycles. The summed E-state index contributed by atoms with van der Waals surface area (Å²) < 4.78 is 17.6. The van der Waals surface area contributed by atoms with Gasteiger partial charge in [0.05, 0.1) is 5.69 Å². The van der Waals surface area contributed by atoms with Crippen LogP contribution in [0.25, 0.3) is 0 Å². The zero-order valence-electron chi connectivity index (χ0n) is 15.7. The van der Waals surface area contributed by atoms with Gasteiger partial charge in [-0.15, -0.1) is 0 Å². The van der Waals surface area contributed by atoms with E-state index in [0.717, 1.165) is 16.5 Å². The van der Waals surface area contributed by atoms with Crippen molar-refractivity contribution in [3.63, 3.8) is 0 Å². The molecular formula is C23H20BrNO4. The highest BCUT2D eigenvalue weighted by Gasteiger charge is 2.16. The highest BCUT2D eigenvalue weighted by atomic mass is 79.9. The van der Waals surface area contributed by atoms with Gasteiger partial charge in [0.25, 0.3) is 5.91 Å². The van der Waals surface area contributed by atoms with Crippen LogP contribution in [0, 0.1) is 0 Å². The summed E-state index contributed by atoms with van der Waals surface area (Å²) in [4.78, 5) is 12.4. The second kappa shape index (κ2) is 9.01. The van der Waals surface area contributed by atoms with E-state index in [1.165, 1.54) is 5.56 Å². The largest absolute Gasteiger partial charge is 0.486 e.